The molecule has 2 N–H and O–H groups in total. The van der Waals surface area contributed by atoms with Crippen LogP contribution in [0.3, 0.4) is 0 Å². The molecule has 0 aliphatic rings. The highest BCUT2D eigenvalue weighted by molar-refractivity contribution is 6.17. The molecule has 2 rings (SSSR count). The molecule has 1 aromatic carbocycles. The Morgan fingerprint density at radius 1 is 1.31 bits per heavy atom. The number of anilines is 1. The quantitative estimate of drug-likeness (QED) is 0.706. The van der Waals surface area contributed by atoms with Gasteiger partial charge in [-0.15, -0.1) is 11.6 Å². The number of fused-ring (bicyclic) bond motifs is 1. The van der Waals surface area contributed by atoms with Crippen LogP contribution in [0.15, 0.2) is 30.3 Å². The van der Waals surface area contributed by atoms with E-state index in [0.29, 0.717) is 5.88 Å². The van der Waals surface area contributed by atoms with E-state index in [4.69, 9.17) is 17.3 Å². The summed E-state index contributed by atoms with van der Waals surface area (Å²) in [6.45, 7) is 0. The van der Waals surface area contributed by atoms with Gasteiger partial charge in [-0.2, -0.15) is 0 Å². The van der Waals surface area contributed by atoms with E-state index in [1.165, 1.54) is 0 Å². The predicted octanol–water partition coefficient (Wildman–Crippen LogP) is 2.56. The van der Waals surface area contributed by atoms with Crippen molar-refractivity contribution >= 4 is 28.2 Å². The Labute approximate surface area is 81.3 Å². The van der Waals surface area contributed by atoms with Gasteiger partial charge in [0.05, 0.1) is 17.1 Å². The normalized spacial score (nSPS) is 10.5. The number of hydrogen-bond acceptors (Lipinski definition) is 2. The first-order chi connectivity index (χ1) is 6.31. The fraction of sp³-hybridized carbons (Fsp3) is 0.100. The van der Waals surface area contributed by atoms with Crippen LogP contribution in [0, 0.1) is 0 Å². The maximum absolute atomic E-state index is 5.83. The molecule has 0 aliphatic heterocycles. The van der Waals surface area contributed by atoms with E-state index >= 15 is 0 Å². The minimum absolute atomic E-state index is 0.398. The summed E-state index contributed by atoms with van der Waals surface area (Å²) in [5.74, 6) is 0.398. The van der Waals surface area contributed by atoms with Crippen LogP contribution in [0.2, 0.25) is 0 Å². The molecule has 0 amide bonds. The van der Waals surface area contributed by atoms with Gasteiger partial charge in [-0.3, -0.25) is 4.98 Å². The van der Waals surface area contributed by atoms with Crippen LogP contribution in [0.1, 0.15) is 5.69 Å². The number of alkyl halides is 1. The molecule has 0 saturated carbocycles. The van der Waals surface area contributed by atoms with E-state index in [9.17, 15) is 0 Å². The number of nitrogens with two attached hydrogens (primary N) is 1. The zero-order chi connectivity index (χ0) is 9.26. The average Bonchev–Trinajstić information content (AvgIpc) is 2.18. The lowest BCUT2D eigenvalue weighted by Crippen LogP contribution is -1.93. The molecule has 2 aromatic rings. The van der Waals surface area contributed by atoms with Crippen molar-refractivity contribution in [2.75, 3.05) is 5.73 Å². The van der Waals surface area contributed by atoms with Gasteiger partial charge >= 0.3 is 0 Å². The predicted molar refractivity (Wildman–Crippen MR) is 55.7 cm³/mol. The Balaban J connectivity index is 2.77. The van der Waals surface area contributed by atoms with Gasteiger partial charge in [0.15, 0.2) is 0 Å². The molecule has 2 nitrogen and oxygen atoms in total. The van der Waals surface area contributed by atoms with Crippen LogP contribution in [0.4, 0.5) is 5.69 Å². The van der Waals surface area contributed by atoms with E-state index < -0.39 is 0 Å². The Hall–Kier alpha value is -1.28. The lowest BCUT2D eigenvalue weighted by atomic mass is 10.2. The van der Waals surface area contributed by atoms with E-state index in [2.05, 4.69) is 4.98 Å². The summed E-state index contributed by atoms with van der Waals surface area (Å²) in [4.78, 5) is 4.34. The highest BCUT2D eigenvalue weighted by atomic mass is 35.5. The number of hydrogen-bond donors (Lipinski definition) is 1. The molecule has 0 bridgehead atoms. The van der Waals surface area contributed by atoms with Crippen LogP contribution in [-0.2, 0) is 5.88 Å². The SMILES string of the molecule is Nc1cc(CCl)nc2ccccc12. The summed E-state index contributed by atoms with van der Waals surface area (Å²) in [6.07, 6.45) is 0. The van der Waals surface area contributed by atoms with Crippen molar-refractivity contribution in [2.24, 2.45) is 0 Å². The van der Waals surface area contributed by atoms with Crippen molar-refractivity contribution in [1.29, 1.82) is 0 Å². The maximum Gasteiger partial charge on any atom is 0.0726 e. The number of nitrogens with zero attached hydrogens (tertiary/aromatic N) is 1. The van der Waals surface area contributed by atoms with Crippen molar-refractivity contribution in [3.63, 3.8) is 0 Å². The van der Waals surface area contributed by atoms with Gasteiger partial charge in [-0.25, -0.2) is 0 Å². The van der Waals surface area contributed by atoms with Crippen LogP contribution >= 0.6 is 11.6 Å². The number of nitrogen functional groups attached to an aromatic ring is 1. The molecular weight excluding hydrogens is 184 g/mol. The van der Waals surface area contributed by atoms with E-state index in [1.807, 2.05) is 30.3 Å². The van der Waals surface area contributed by atoms with Crippen molar-refractivity contribution in [3.05, 3.63) is 36.0 Å². The summed E-state index contributed by atoms with van der Waals surface area (Å²) in [7, 11) is 0. The fourth-order valence-corrected chi connectivity index (χ4v) is 1.46. The smallest absolute Gasteiger partial charge is 0.0726 e. The third-order valence-electron chi connectivity index (χ3n) is 1.94. The molecule has 0 radical (unpaired) electrons. The third kappa shape index (κ3) is 1.45. The van der Waals surface area contributed by atoms with Gasteiger partial charge in [0.2, 0.25) is 0 Å². The zero-order valence-electron chi connectivity index (χ0n) is 7.00. The fourth-order valence-electron chi connectivity index (χ4n) is 1.33. The summed E-state index contributed by atoms with van der Waals surface area (Å²) < 4.78 is 0. The second kappa shape index (κ2) is 3.23. The number of aromatic nitrogens is 1. The molecule has 0 saturated heterocycles. The third-order valence-corrected chi connectivity index (χ3v) is 2.21. The molecular formula is C10H9ClN2. The van der Waals surface area contributed by atoms with Crippen LogP contribution in [0.25, 0.3) is 10.9 Å². The molecule has 0 unspecified atom stereocenters. The Morgan fingerprint density at radius 2 is 2.08 bits per heavy atom. The van der Waals surface area contributed by atoms with E-state index in [-0.39, 0.29) is 0 Å². The number of rotatable bonds is 1. The topological polar surface area (TPSA) is 38.9 Å². The summed E-state index contributed by atoms with van der Waals surface area (Å²) in [6, 6.07) is 9.58. The number of benzene rings is 1. The minimum atomic E-state index is 0.398. The molecule has 0 fully saturated rings. The molecule has 3 heteroatoms. The average molecular weight is 193 g/mol. The van der Waals surface area contributed by atoms with Gasteiger partial charge in [-0.05, 0) is 12.1 Å². The number of pyridine rings is 1. The molecule has 1 aromatic heterocycles. The second-order valence-electron chi connectivity index (χ2n) is 2.85. The summed E-state index contributed by atoms with van der Waals surface area (Å²) in [5, 5.41) is 0.983. The largest absolute Gasteiger partial charge is 0.398 e. The first-order valence-electron chi connectivity index (χ1n) is 4.01. The first-order valence-corrected chi connectivity index (χ1v) is 4.55. The lowest BCUT2D eigenvalue weighted by Gasteiger charge is -2.03. The minimum Gasteiger partial charge on any atom is -0.398 e. The van der Waals surface area contributed by atoms with Gasteiger partial charge in [0.25, 0.3) is 0 Å². The standard InChI is InChI=1S/C10H9ClN2/c11-6-7-5-9(12)8-3-1-2-4-10(8)13-7/h1-5H,6H2,(H2,12,13). The van der Waals surface area contributed by atoms with E-state index in [1.54, 1.807) is 0 Å². The second-order valence-corrected chi connectivity index (χ2v) is 3.12. The van der Waals surface area contributed by atoms with Crippen LogP contribution in [0.5, 0.6) is 0 Å². The van der Waals surface area contributed by atoms with Crippen molar-refractivity contribution in [1.82, 2.24) is 4.98 Å². The van der Waals surface area contributed by atoms with E-state index in [0.717, 1.165) is 22.3 Å². The zero-order valence-corrected chi connectivity index (χ0v) is 7.75. The number of halogens is 1. The molecule has 66 valence electrons. The molecule has 0 spiro atoms. The van der Waals surface area contributed by atoms with Gasteiger partial charge in [-0.1, -0.05) is 18.2 Å². The Morgan fingerprint density at radius 3 is 2.85 bits per heavy atom. The van der Waals surface area contributed by atoms with Crippen molar-refractivity contribution in [2.45, 2.75) is 5.88 Å². The van der Waals surface area contributed by atoms with Crippen LogP contribution in [-0.4, -0.2) is 4.98 Å². The van der Waals surface area contributed by atoms with Crippen molar-refractivity contribution < 1.29 is 0 Å². The van der Waals surface area contributed by atoms with Crippen LogP contribution < -0.4 is 5.73 Å². The Kier molecular flexibility index (Phi) is 2.07. The van der Waals surface area contributed by atoms with Crippen molar-refractivity contribution in [3.8, 4) is 0 Å². The molecule has 0 atom stereocenters. The molecule has 0 aliphatic carbocycles. The first kappa shape index (κ1) is 8.32. The molecule has 1 heterocycles. The molecule has 13 heavy (non-hydrogen) atoms. The summed E-state index contributed by atoms with van der Waals surface area (Å²) >= 11 is 5.68. The number of para-hydroxylation sites is 1. The summed E-state index contributed by atoms with van der Waals surface area (Å²) in [5.41, 5.74) is 8.29. The maximum atomic E-state index is 5.83. The van der Waals surface area contributed by atoms with Gasteiger partial charge < -0.3 is 5.73 Å². The lowest BCUT2D eigenvalue weighted by molar-refractivity contribution is 1.22. The highest BCUT2D eigenvalue weighted by Crippen LogP contribution is 2.20. The van der Waals surface area contributed by atoms with Gasteiger partial charge in [0, 0.05) is 11.1 Å². The van der Waals surface area contributed by atoms with Gasteiger partial charge in [0.1, 0.15) is 0 Å². The highest BCUT2D eigenvalue weighted by Gasteiger charge is 2.00. The Bertz CT molecular complexity index is 440. The monoisotopic (exact) mass is 192 g/mol.